The zero-order chi connectivity index (χ0) is 19.2. The number of amides is 2. The zero-order valence-corrected chi connectivity index (χ0v) is 16.6. The summed E-state index contributed by atoms with van der Waals surface area (Å²) < 4.78 is 5.23. The standard InChI is InChI=1S/C20H25N3O3S/c1-21(14-16-5-3-6-17(13-16)26-2)19(24)15-22-8-10-23(11-9-22)20(25)18-7-4-12-27-18/h3-7,12-13H,8-11,14-15H2,1-2H3. The van der Waals surface area contributed by atoms with Crippen LogP contribution in [0.5, 0.6) is 5.75 Å². The third kappa shape index (κ3) is 5.08. The molecule has 0 aliphatic carbocycles. The van der Waals surface area contributed by atoms with Crippen LogP contribution in [0.1, 0.15) is 15.2 Å². The normalized spacial score (nSPS) is 14.8. The van der Waals surface area contributed by atoms with Crippen LogP contribution in [0.4, 0.5) is 0 Å². The van der Waals surface area contributed by atoms with Gasteiger partial charge in [-0.3, -0.25) is 14.5 Å². The quantitative estimate of drug-likeness (QED) is 0.762. The van der Waals surface area contributed by atoms with Gasteiger partial charge in [0, 0.05) is 39.8 Å². The molecule has 0 bridgehead atoms. The molecule has 27 heavy (non-hydrogen) atoms. The largest absolute Gasteiger partial charge is 0.497 e. The van der Waals surface area contributed by atoms with E-state index in [-0.39, 0.29) is 11.8 Å². The SMILES string of the molecule is COc1cccc(CN(C)C(=O)CN2CCN(C(=O)c3cccs3)CC2)c1. The Bertz CT molecular complexity index is 771. The first-order chi connectivity index (χ1) is 13.1. The molecule has 1 aliphatic heterocycles. The molecule has 1 aliphatic rings. The number of ether oxygens (including phenoxy) is 1. The Kier molecular flexibility index (Phi) is 6.47. The number of thiophene rings is 1. The molecule has 0 spiro atoms. The van der Waals surface area contributed by atoms with Gasteiger partial charge in [0.15, 0.2) is 0 Å². The number of benzene rings is 1. The van der Waals surface area contributed by atoms with E-state index in [4.69, 9.17) is 4.74 Å². The fourth-order valence-corrected chi connectivity index (χ4v) is 3.80. The topological polar surface area (TPSA) is 53.1 Å². The number of hydrogen-bond donors (Lipinski definition) is 0. The minimum atomic E-state index is 0.0795. The predicted molar refractivity (Wildman–Crippen MR) is 106 cm³/mol. The van der Waals surface area contributed by atoms with Crippen molar-refractivity contribution in [2.45, 2.75) is 6.54 Å². The van der Waals surface area contributed by atoms with Gasteiger partial charge in [-0.05, 0) is 29.1 Å². The van der Waals surface area contributed by atoms with Crippen molar-refractivity contribution in [1.29, 1.82) is 0 Å². The molecule has 7 heteroatoms. The van der Waals surface area contributed by atoms with Crippen LogP contribution in [-0.2, 0) is 11.3 Å². The van der Waals surface area contributed by atoms with E-state index in [9.17, 15) is 9.59 Å². The van der Waals surface area contributed by atoms with Crippen LogP contribution >= 0.6 is 11.3 Å². The first-order valence-corrected chi connectivity index (χ1v) is 9.87. The third-order valence-corrected chi connectivity index (χ3v) is 5.59. The monoisotopic (exact) mass is 387 g/mol. The summed E-state index contributed by atoms with van der Waals surface area (Å²) in [6.45, 7) is 3.67. The van der Waals surface area contributed by atoms with Crippen LogP contribution in [0, 0.1) is 0 Å². The Morgan fingerprint density at radius 1 is 1.15 bits per heavy atom. The molecule has 6 nitrogen and oxygen atoms in total. The highest BCUT2D eigenvalue weighted by Gasteiger charge is 2.24. The number of piperazine rings is 1. The molecular weight excluding hydrogens is 362 g/mol. The van der Waals surface area contributed by atoms with E-state index in [1.165, 1.54) is 11.3 Å². The Labute approximate surface area is 163 Å². The molecule has 144 valence electrons. The van der Waals surface area contributed by atoms with E-state index in [1.54, 1.807) is 12.0 Å². The van der Waals surface area contributed by atoms with Gasteiger partial charge in [-0.2, -0.15) is 0 Å². The second kappa shape index (κ2) is 9.01. The predicted octanol–water partition coefficient (Wildman–Crippen LogP) is 2.17. The van der Waals surface area contributed by atoms with Crippen LogP contribution in [0.15, 0.2) is 41.8 Å². The summed E-state index contributed by atoms with van der Waals surface area (Å²) in [7, 11) is 3.45. The van der Waals surface area contributed by atoms with Crippen molar-refractivity contribution < 1.29 is 14.3 Å². The minimum absolute atomic E-state index is 0.0795. The first kappa shape index (κ1) is 19.4. The van der Waals surface area contributed by atoms with Crippen LogP contribution in [0.2, 0.25) is 0 Å². The van der Waals surface area contributed by atoms with Gasteiger partial charge in [-0.25, -0.2) is 0 Å². The van der Waals surface area contributed by atoms with Gasteiger partial charge in [-0.1, -0.05) is 18.2 Å². The van der Waals surface area contributed by atoms with Gasteiger partial charge in [0.2, 0.25) is 5.91 Å². The average Bonchev–Trinajstić information content (AvgIpc) is 3.23. The van der Waals surface area contributed by atoms with Gasteiger partial charge in [-0.15, -0.1) is 11.3 Å². The van der Waals surface area contributed by atoms with E-state index >= 15 is 0 Å². The number of carbonyl (C=O) groups excluding carboxylic acids is 2. The molecule has 0 unspecified atom stereocenters. The molecule has 1 fully saturated rings. The lowest BCUT2D eigenvalue weighted by Crippen LogP contribution is -2.51. The highest BCUT2D eigenvalue weighted by Crippen LogP contribution is 2.15. The number of carbonyl (C=O) groups is 2. The van der Waals surface area contributed by atoms with Crippen molar-refractivity contribution in [3.05, 3.63) is 52.2 Å². The highest BCUT2D eigenvalue weighted by atomic mass is 32.1. The molecular formula is C20H25N3O3S. The molecule has 0 saturated carbocycles. The summed E-state index contributed by atoms with van der Waals surface area (Å²) in [5, 5.41) is 1.92. The molecule has 1 aromatic heterocycles. The van der Waals surface area contributed by atoms with Gasteiger partial charge < -0.3 is 14.5 Å². The van der Waals surface area contributed by atoms with Crippen molar-refractivity contribution in [3.63, 3.8) is 0 Å². The number of likely N-dealkylation sites (N-methyl/N-ethyl adjacent to an activating group) is 1. The molecule has 0 N–H and O–H groups in total. The maximum atomic E-state index is 12.5. The van der Waals surface area contributed by atoms with Gasteiger partial charge in [0.05, 0.1) is 18.5 Å². The lowest BCUT2D eigenvalue weighted by atomic mass is 10.2. The summed E-state index contributed by atoms with van der Waals surface area (Å²) in [4.78, 5) is 31.4. The molecule has 0 radical (unpaired) electrons. The van der Waals surface area contributed by atoms with Gasteiger partial charge in [0.25, 0.3) is 5.91 Å². The van der Waals surface area contributed by atoms with Crippen LogP contribution < -0.4 is 4.74 Å². The number of nitrogens with zero attached hydrogens (tertiary/aromatic N) is 3. The van der Waals surface area contributed by atoms with Crippen LogP contribution in [0.25, 0.3) is 0 Å². The summed E-state index contributed by atoms with van der Waals surface area (Å²) >= 11 is 1.47. The van der Waals surface area contributed by atoms with Crippen LogP contribution in [0.3, 0.4) is 0 Å². The van der Waals surface area contributed by atoms with Crippen molar-refractivity contribution in [2.24, 2.45) is 0 Å². The number of methoxy groups -OCH3 is 1. The second-order valence-corrected chi connectivity index (χ2v) is 7.59. The summed E-state index contributed by atoms with van der Waals surface area (Å²) in [5.41, 5.74) is 1.04. The van der Waals surface area contributed by atoms with Gasteiger partial charge in [0.1, 0.15) is 5.75 Å². The summed E-state index contributed by atoms with van der Waals surface area (Å²) in [6, 6.07) is 11.5. The third-order valence-electron chi connectivity index (χ3n) is 4.73. The molecule has 2 aromatic rings. The molecule has 2 amide bonds. The second-order valence-electron chi connectivity index (χ2n) is 6.65. The Balaban J connectivity index is 1.46. The number of hydrogen-bond acceptors (Lipinski definition) is 5. The lowest BCUT2D eigenvalue weighted by Gasteiger charge is -2.34. The lowest BCUT2D eigenvalue weighted by molar-refractivity contribution is -0.132. The number of rotatable bonds is 6. The fraction of sp³-hybridized carbons (Fsp3) is 0.400. The van der Waals surface area contributed by atoms with Crippen molar-refractivity contribution in [3.8, 4) is 5.75 Å². The maximum Gasteiger partial charge on any atom is 0.264 e. The Hall–Kier alpha value is -2.38. The zero-order valence-electron chi connectivity index (χ0n) is 15.8. The first-order valence-electron chi connectivity index (χ1n) is 8.99. The molecule has 0 atom stereocenters. The Morgan fingerprint density at radius 2 is 1.93 bits per heavy atom. The van der Waals surface area contributed by atoms with E-state index in [0.717, 1.165) is 29.3 Å². The van der Waals surface area contributed by atoms with Crippen molar-refractivity contribution in [1.82, 2.24) is 14.7 Å². The van der Waals surface area contributed by atoms with Gasteiger partial charge >= 0.3 is 0 Å². The van der Waals surface area contributed by atoms with E-state index < -0.39 is 0 Å². The minimum Gasteiger partial charge on any atom is -0.497 e. The maximum absolute atomic E-state index is 12.5. The van der Waals surface area contributed by atoms with Crippen molar-refractivity contribution in [2.75, 3.05) is 46.9 Å². The summed E-state index contributed by atoms with van der Waals surface area (Å²) in [6.07, 6.45) is 0. The van der Waals surface area contributed by atoms with E-state index in [2.05, 4.69) is 4.90 Å². The molecule has 1 aromatic carbocycles. The molecule has 3 rings (SSSR count). The average molecular weight is 388 g/mol. The molecule has 2 heterocycles. The fourth-order valence-electron chi connectivity index (χ4n) is 3.11. The van der Waals surface area contributed by atoms with Crippen molar-refractivity contribution >= 4 is 23.2 Å². The van der Waals surface area contributed by atoms with E-state index in [0.29, 0.717) is 26.2 Å². The smallest absolute Gasteiger partial charge is 0.264 e. The molecule has 1 saturated heterocycles. The summed E-state index contributed by atoms with van der Waals surface area (Å²) in [5.74, 6) is 0.960. The Morgan fingerprint density at radius 3 is 2.59 bits per heavy atom. The van der Waals surface area contributed by atoms with E-state index in [1.807, 2.05) is 53.7 Å². The highest BCUT2D eigenvalue weighted by molar-refractivity contribution is 7.12. The van der Waals surface area contributed by atoms with Crippen LogP contribution in [-0.4, -0.2) is 73.4 Å².